The summed E-state index contributed by atoms with van der Waals surface area (Å²) in [5.74, 6) is 1.84. The lowest BCUT2D eigenvalue weighted by Crippen LogP contribution is -2.16. The Labute approximate surface area is 185 Å². The van der Waals surface area contributed by atoms with E-state index in [2.05, 4.69) is 20.0 Å². The molecular weight excluding hydrogens is 428 g/mol. The van der Waals surface area contributed by atoms with E-state index >= 15 is 0 Å². The Kier molecular flexibility index (Phi) is 5.02. The number of nitrogens with one attached hydrogen (secondary N) is 2. The number of ether oxygens (including phenoxy) is 2. The van der Waals surface area contributed by atoms with Crippen LogP contribution in [0.1, 0.15) is 11.1 Å². The summed E-state index contributed by atoms with van der Waals surface area (Å²) in [5.41, 5.74) is 3.14. The first-order valence-electron chi connectivity index (χ1n) is 9.97. The summed E-state index contributed by atoms with van der Waals surface area (Å²) in [7, 11) is -3.84. The van der Waals surface area contributed by atoms with E-state index in [1.807, 2.05) is 43.3 Å². The van der Waals surface area contributed by atoms with Crippen molar-refractivity contribution >= 4 is 32.7 Å². The third-order valence-corrected chi connectivity index (χ3v) is 6.38. The number of rotatable bonds is 6. The molecule has 0 amide bonds. The van der Waals surface area contributed by atoms with Crippen LogP contribution in [0.5, 0.6) is 11.5 Å². The zero-order chi connectivity index (χ0) is 22.1. The van der Waals surface area contributed by atoms with Crippen LogP contribution in [0.2, 0.25) is 0 Å². The Balaban J connectivity index is 1.47. The smallest absolute Gasteiger partial charge is 0.263 e. The summed E-state index contributed by atoms with van der Waals surface area (Å²) < 4.78 is 39.3. The van der Waals surface area contributed by atoms with Crippen molar-refractivity contribution in [2.24, 2.45) is 0 Å². The summed E-state index contributed by atoms with van der Waals surface area (Å²) in [4.78, 5) is 9.26. The number of anilines is 2. The average Bonchev–Trinajstić information content (AvgIpc) is 3.25. The van der Waals surface area contributed by atoms with Gasteiger partial charge in [-0.25, -0.2) is 18.4 Å². The Bertz CT molecular complexity index is 1410. The molecule has 0 saturated heterocycles. The first-order chi connectivity index (χ1) is 15.5. The van der Waals surface area contributed by atoms with Crippen molar-refractivity contribution in [3.8, 4) is 11.5 Å². The Hall–Kier alpha value is -3.85. The molecular formula is C23H20N4O4S. The molecule has 32 heavy (non-hydrogen) atoms. The van der Waals surface area contributed by atoms with Gasteiger partial charge in [0, 0.05) is 6.54 Å². The minimum Gasteiger partial charge on any atom is -0.454 e. The maximum absolute atomic E-state index is 13.0. The molecule has 0 spiro atoms. The second-order valence-electron chi connectivity index (χ2n) is 7.37. The third kappa shape index (κ3) is 4.02. The highest BCUT2D eigenvalue weighted by atomic mass is 32.2. The molecule has 8 nitrogen and oxygen atoms in total. The second kappa shape index (κ2) is 8.01. The average molecular weight is 449 g/mol. The van der Waals surface area contributed by atoms with Crippen LogP contribution >= 0.6 is 0 Å². The minimum absolute atomic E-state index is 0.130. The predicted octanol–water partition coefficient (Wildman–Crippen LogP) is 4.08. The fraction of sp³-hybridized carbons (Fsp3) is 0.130. The summed E-state index contributed by atoms with van der Waals surface area (Å²) in [6.45, 7) is 2.49. The van der Waals surface area contributed by atoms with E-state index in [0.29, 0.717) is 34.9 Å². The SMILES string of the molecule is Cc1ccc(S(=O)(=O)Nc2nc3ccccc3nc2NCc2ccc3c(c2)OCO3)cc1. The van der Waals surface area contributed by atoms with Gasteiger partial charge in [0.15, 0.2) is 23.1 Å². The quantitative estimate of drug-likeness (QED) is 0.458. The van der Waals surface area contributed by atoms with Crippen molar-refractivity contribution in [2.45, 2.75) is 18.4 Å². The van der Waals surface area contributed by atoms with Gasteiger partial charge in [-0.1, -0.05) is 35.9 Å². The molecule has 4 aromatic rings. The lowest BCUT2D eigenvalue weighted by molar-refractivity contribution is 0.174. The van der Waals surface area contributed by atoms with Crippen LogP contribution in [0.4, 0.5) is 11.6 Å². The van der Waals surface area contributed by atoms with E-state index in [1.165, 1.54) is 0 Å². The molecule has 0 bridgehead atoms. The lowest BCUT2D eigenvalue weighted by atomic mass is 10.2. The monoisotopic (exact) mass is 448 g/mol. The number of fused-ring (bicyclic) bond motifs is 2. The van der Waals surface area contributed by atoms with Gasteiger partial charge in [-0.2, -0.15) is 0 Å². The molecule has 1 aliphatic rings. The highest BCUT2D eigenvalue weighted by Gasteiger charge is 2.19. The van der Waals surface area contributed by atoms with Crippen molar-refractivity contribution in [2.75, 3.05) is 16.8 Å². The Morgan fingerprint density at radius 1 is 0.875 bits per heavy atom. The van der Waals surface area contributed by atoms with E-state index in [4.69, 9.17) is 9.47 Å². The topological polar surface area (TPSA) is 102 Å². The molecule has 3 aromatic carbocycles. The zero-order valence-electron chi connectivity index (χ0n) is 17.2. The number of aromatic nitrogens is 2. The highest BCUT2D eigenvalue weighted by molar-refractivity contribution is 7.92. The van der Waals surface area contributed by atoms with Gasteiger partial charge >= 0.3 is 0 Å². The van der Waals surface area contributed by atoms with Crippen molar-refractivity contribution in [3.05, 3.63) is 77.9 Å². The molecule has 0 radical (unpaired) electrons. The molecule has 1 aromatic heterocycles. The summed E-state index contributed by atoms with van der Waals surface area (Å²) in [5, 5.41) is 3.20. The summed E-state index contributed by atoms with van der Waals surface area (Å²) in [6.07, 6.45) is 0. The number of para-hydroxylation sites is 2. The lowest BCUT2D eigenvalue weighted by Gasteiger charge is -2.14. The van der Waals surface area contributed by atoms with E-state index < -0.39 is 10.0 Å². The van der Waals surface area contributed by atoms with Crippen LogP contribution in [0.25, 0.3) is 11.0 Å². The van der Waals surface area contributed by atoms with Crippen LogP contribution in [0.3, 0.4) is 0 Å². The Morgan fingerprint density at radius 3 is 2.31 bits per heavy atom. The summed E-state index contributed by atoms with van der Waals surface area (Å²) in [6, 6.07) is 19.5. The predicted molar refractivity (Wildman–Crippen MR) is 121 cm³/mol. The van der Waals surface area contributed by atoms with Gasteiger partial charge in [-0.15, -0.1) is 0 Å². The largest absolute Gasteiger partial charge is 0.454 e. The van der Waals surface area contributed by atoms with Gasteiger partial charge < -0.3 is 14.8 Å². The van der Waals surface area contributed by atoms with Crippen LogP contribution in [-0.4, -0.2) is 25.2 Å². The molecule has 0 fully saturated rings. The van der Waals surface area contributed by atoms with Crippen molar-refractivity contribution < 1.29 is 17.9 Å². The van der Waals surface area contributed by atoms with E-state index in [-0.39, 0.29) is 17.5 Å². The number of nitrogens with zero attached hydrogens (tertiary/aromatic N) is 2. The van der Waals surface area contributed by atoms with Crippen LogP contribution in [0.15, 0.2) is 71.6 Å². The molecule has 2 N–H and O–H groups in total. The van der Waals surface area contributed by atoms with Crippen LogP contribution < -0.4 is 19.5 Å². The van der Waals surface area contributed by atoms with Crippen molar-refractivity contribution in [3.63, 3.8) is 0 Å². The van der Waals surface area contributed by atoms with Crippen molar-refractivity contribution in [1.29, 1.82) is 0 Å². The molecule has 2 heterocycles. The number of aryl methyl sites for hydroxylation is 1. The fourth-order valence-electron chi connectivity index (χ4n) is 3.33. The molecule has 0 aliphatic carbocycles. The molecule has 1 aliphatic heterocycles. The second-order valence-corrected chi connectivity index (χ2v) is 9.05. The minimum atomic E-state index is -3.84. The first kappa shape index (κ1) is 20.1. The van der Waals surface area contributed by atoms with Gasteiger partial charge in [0.25, 0.3) is 10.0 Å². The molecule has 9 heteroatoms. The molecule has 0 atom stereocenters. The van der Waals surface area contributed by atoms with E-state index in [0.717, 1.165) is 11.1 Å². The molecule has 5 rings (SSSR count). The molecule has 0 saturated carbocycles. The highest BCUT2D eigenvalue weighted by Crippen LogP contribution is 2.33. The van der Waals surface area contributed by atoms with Crippen molar-refractivity contribution in [1.82, 2.24) is 9.97 Å². The van der Waals surface area contributed by atoms with Crippen LogP contribution in [-0.2, 0) is 16.6 Å². The zero-order valence-corrected chi connectivity index (χ0v) is 18.0. The summed E-state index contributed by atoms with van der Waals surface area (Å²) >= 11 is 0. The number of sulfonamides is 1. The fourth-order valence-corrected chi connectivity index (χ4v) is 4.34. The van der Waals surface area contributed by atoms with Crippen LogP contribution in [0, 0.1) is 6.92 Å². The van der Waals surface area contributed by atoms with Gasteiger partial charge in [0.05, 0.1) is 15.9 Å². The number of hydrogen-bond donors (Lipinski definition) is 2. The standard InChI is InChI=1S/C23H20N4O4S/c1-15-6-9-17(10-7-15)32(28,29)27-23-22(25-18-4-2-3-5-19(18)26-23)24-13-16-8-11-20-21(12-16)31-14-30-20/h2-12H,13-14H2,1H3,(H,24,25)(H,26,27). The first-order valence-corrected chi connectivity index (χ1v) is 11.4. The number of benzene rings is 3. The maximum Gasteiger partial charge on any atom is 0.263 e. The van der Waals surface area contributed by atoms with E-state index in [9.17, 15) is 8.42 Å². The normalized spacial score (nSPS) is 12.7. The molecule has 162 valence electrons. The number of hydrogen-bond acceptors (Lipinski definition) is 7. The third-order valence-electron chi connectivity index (χ3n) is 5.03. The maximum atomic E-state index is 13.0. The van der Waals surface area contributed by atoms with E-state index in [1.54, 1.807) is 30.3 Å². The van der Waals surface area contributed by atoms with Gasteiger partial charge in [-0.3, -0.25) is 4.72 Å². The molecule has 0 unspecified atom stereocenters. The van der Waals surface area contributed by atoms with Gasteiger partial charge in [-0.05, 0) is 48.9 Å². The van der Waals surface area contributed by atoms with Gasteiger partial charge in [0.1, 0.15) is 0 Å². The van der Waals surface area contributed by atoms with Gasteiger partial charge in [0.2, 0.25) is 6.79 Å². The Morgan fingerprint density at radius 2 is 1.56 bits per heavy atom.